The van der Waals surface area contributed by atoms with Gasteiger partial charge in [-0.1, -0.05) is 18.5 Å². The van der Waals surface area contributed by atoms with Gasteiger partial charge in [0.05, 0.1) is 31.0 Å². The quantitative estimate of drug-likeness (QED) is 0.736. The van der Waals surface area contributed by atoms with Gasteiger partial charge in [-0.15, -0.1) is 0 Å². The molecule has 0 aliphatic carbocycles. The lowest BCUT2D eigenvalue weighted by Gasteiger charge is -2.10. The van der Waals surface area contributed by atoms with E-state index in [0.717, 1.165) is 47.7 Å². The number of nitrogens with zero attached hydrogens (tertiary/aromatic N) is 3. The average Bonchev–Trinajstić information content (AvgIpc) is 2.75. The third-order valence-electron chi connectivity index (χ3n) is 3.25. The van der Waals surface area contributed by atoms with Gasteiger partial charge >= 0.3 is 0 Å². The Labute approximate surface area is 125 Å². The minimum Gasteiger partial charge on any atom is -0.378 e. The number of halogens is 1. The Kier molecular flexibility index (Phi) is 5.40. The van der Waals surface area contributed by atoms with Crippen molar-refractivity contribution in [2.24, 2.45) is 0 Å². The Morgan fingerprint density at radius 1 is 1.30 bits per heavy atom. The molecule has 20 heavy (non-hydrogen) atoms. The summed E-state index contributed by atoms with van der Waals surface area (Å²) in [5, 5.41) is 6.55. The van der Waals surface area contributed by atoms with Crippen LogP contribution in [-0.4, -0.2) is 48.5 Å². The molecule has 0 bridgehead atoms. The van der Waals surface area contributed by atoms with Gasteiger partial charge in [0.15, 0.2) is 0 Å². The number of hydrogen-bond donors (Lipinski definition) is 0. The molecule has 0 atom stereocenters. The number of benzene rings is 1. The van der Waals surface area contributed by atoms with Crippen LogP contribution in [0, 0.1) is 0 Å². The molecule has 0 radical (unpaired) electrons. The van der Waals surface area contributed by atoms with Gasteiger partial charge in [0.25, 0.3) is 0 Å². The second-order valence-electron chi connectivity index (χ2n) is 5.10. The third kappa shape index (κ3) is 3.72. The van der Waals surface area contributed by atoms with Gasteiger partial charge in [0.1, 0.15) is 0 Å². The molecule has 1 heterocycles. The molecule has 2 rings (SSSR count). The number of hydrogen-bond acceptors (Lipinski definition) is 3. The van der Waals surface area contributed by atoms with Gasteiger partial charge in [-0.3, -0.25) is 4.68 Å². The first-order valence-corrected chi connectivity index (χ1v) is 7.37. The molecule has 110 valence electrons. The minimum absolute atomic E-state index is 0.677. The van der Waals surface area contributed by atoms with E-state index in [9.17, 15) is 0 Å². The van der Waals surface area contributed by atoms with Crippen LogP contribution in [0.4, 0.5) is 0 Å². The van der Waals surface area contributed by atoms with Crippen LogP contribution in [0.15, 0.2) is 18.2 Å². The normalized spacial score (nSPS) is 11.7. The zero-order valence-corrected chi connectivity index (χ0v) is 13.2. The summed E-state index contributed by atoms with van der Waals surface area (Å²) >= 11 is 6.07. The van der Waals surface area contributed by atoms with E-state index < -0.39 is 0 Å². The molecule has 5 heteroatoms. The predicted octanol–water partition coefficient (Wildman–Crippen LogP) is 2.83. The molecule has 0 saturated carbocycles. The Bertz CT molecular complexity index is 565. The molecule has 2 aromatic rings. The number of ether oxygens (including phenoxy) is 1. The fourth-order valence-corrected chi connectivity index (χ4v) is 2.32. The summed E-state index contributed by atoms with van der Waals surface area (Å²) in [6.07, 6.45) is 0.908. The van der Waals surface area contributed by atoms with E-state index in [4.69, 9.17) is 16.3 Å². The molecule has 1 aromatic heterocycles. The van der Waals surface area contributed by atoms with Crippen LogP contribution in [0.25, 0.3) is 10.9 Å². The zero-order valence-electron chi connectivity index (χ0n) is 12.4. The molecule has 0 aliphatic heterocycles. The maximum atomic E-state index is 6.07. The molecule has 0 saturated heterocycles. The lowest BCUT2D eigenvalue weighted by Crippen LogP contribution is -2.19. The Morgan fingerprint density at radius 3 is 2.80 bits per heavy atom. The van der Waals surface area contributed by atoms with Crippen molar-refractivity contribution in [3.8, 4) is 0 Å². The van der Waals surface area contributed by atoms with Crippen molar-refractivity contribution in [2.75, 3.05) is 33.9 Å². The first-order valence-electron chi connectivity index (χ1n) is 6.99. The number of aromatic nitrogens is 2. The van der Waals surface area contributed by atoms with Gasteiger partial charge in [0.2, 0.25) is 0 Å². The van der Waals surface area contributed by atoms with E-state index in [1.54, 1.807) is 0 Å². The number of fused-ring (bicyclic) bond motifs is 1. The lowest BCUT2D eigenvalue weighted by molar-refractivity contribution is 0.109. The highest BCUT2D eigenvalue weighted by Crippen LogP contribution is 2.23. The average molecular weight is 296 g/mol. The monoisotopic (exact) mass is 295 g/mol. The molecule has 0 fully saturated rings. The Morgan fingerprint density at radius 2 is 2.10 bits per heavy atom. The second kappa shape index (κ2) is 7.07. The van der Waals surface area contributed by atoms with Crippen molar-refractivity contribution in [3.05, 3.63) is 28.9 Å². The summed E-state index contributed by atoms with van der Waals surface area (Å²) in [7, 11) is 4.09. The second-order valence-corrected chi connectivity index (χ2v) is 5.54. The first kappa shape index (κ1) is 15.3. The number of likely N-dealkylation sites (N-methyl/N-ethyl adjacent to an activating group) is 1. The summed E-state index contributed by atoms with van der Waals surface area (Å²) in [4.78, 5) is 2.11. The summed E-state index contributed by atoms with van der Waals surface area (Å²) < 4.78 is 7.65. The van der Waals surface area contributed by atoms with Crippen molar-refractivity contribution in [2.45, 2.75) is 19.9 Å². The molecule has 1 aromatic carbocycles. The van der Waals surface area contributed by atoms with Crippen molar-refractivity contribution in [3.63, 3.8) is 0 Å². The van der Waals surface area contributed by atoms with Crippen molar-refractivity contribution < 1.29 is 4.74 Å². The van der Waals surface area contributed by atoms with E-state index in [1.165, 1.54) is 0 Å². The number of aryl methyl sites for hydroxylation is 1. The van der Waals surface area contributed by atoms with Crippen molar-refractivity contribution in [1.29, 1.82) is 0 Å². The topological polar surface area (TPSA) is 30.3 Å². The highest BCUT2D eigenvalue weighted by atomic mass is 35.5. The van der Waals surface area contributed by atoms with E-state index in [1.807, 2.05) is 37.0 Å². The first-order chi connectivity index (χ1) is 9.61. The highest BCUT2D eigenvalue weighted by molar-refractivity contribution is 6.31. The van der Waals surface area contributed by atoms with Crippen LogP contribution >= 0.6 is 11.6 Å². The molecule has 0 amide bonds. The summed E-state index contributed by atoms with van der Waals surface area (Å²) in [5.41, 5.74) is 2.22. The molecule has 0 unspecified atom stereocenters. The van der Waals surface area contributed by atoms with Crippen LogP contribution in [0.3, 0.4) is 0 Å². The molecule has 0 N–H and O–H groups in total. The fourth-order valence-electron chi connectivity index (χ4n) is 2.15. The Balaban J connectivity index is 2.03. The van der Waals surface area contributed by atoms with Crippen molar-refractivity contribution in [1.82, 2.24) is 14.7 Å². The largest absolute Gasteiger partial charge is 0.378 e. The SMILES string of the molecule is CCc1nn(CCOCCN(C)C)c2ccc(Cl)cc12. The summed E-state index contributed by atoms with van der Waals surface area (Å²) in [5.74, 6) is 0. The van der Waals surface area contributed by atoms with E-state index in [-0.39, 0.29) is 0 Å². The molecule has 4 nitrogen and oxygen atoms in total. The van der Waals surface area contributed by atoms with Gasteiger partial charge < -0.3 is 9.64 Å². The molecular formula is C15H22ClN3O. The number of rotatable bonds is 7. The zero-order chi connectivity index (χ0) is 14.5. The van der Waals surface area contributed by atoms with Crippen LogP contribution in [0.5, 0.6) is 0 Å². The maximum Gasteiger partial charge on any atom is 0.0701 e. The molecular weight excluding hydrogens is 274 g/mol. The summed E-state index contributed by atoms with van der Waals surface area (Å²) in [6.45, 7) is 5.25. The van der Waals surface area contributed by atoms with Crippen molar-refractivity contribution >= 4 is 22.5 Å². The van der Waals surface area contributed by atoms with E-state index in [0.29, 0.717) is 6.61 Å². The molecule has 0 aliphatic rings. The van der Waals surface area contributed by atoms with E-state index >= 15 is 0 Å². The van der Waals surface area contributed by atoms with Gasteiger partial charge in [-0.05, 0) is 38.7 Å². The predicted molar refractivity (Wildman–Crippen MR) is 83.5 cm³/mol. The molecule has 0 spiro atoms. The standard InChI is InChI=1S/C15H22ClN3O/c1-4-14-13-11-12(16)5-6-15(13)19(17-14)8-10-20-9-7-18(2)3/h5-6,11H,4,7-10H2,1-3H3. The third-order valence-corrected chi connectivity index (χ3v) is 3.49. The maximum absolute atomic E-state index is 6.07. The van der Waals surface area contributed by atoms with Gasteiger partial charge in [-0.2, -0.15) is 5.10 Å². The van der Waals surface area contributed by atoms with Crippen LogP contribution < -0.4 is 0 Å². The van der Waals surface area contributed by atoms with Crippen LogP contribution in [-0.2, 0) is 17.7 Å². The van der Waals surface area contributed by atoms with Gasteiger partial charge in [-0.25, -0.2) is 0 Å². The Hall–Kier alpha value is -1.10. The van der Waals surface area contributed by atoms with Crippen LogP contribution in [0.1, 0.15) is 12.6 Å². The van der Waals surface area contributed by atoms with E-state index in [2.05, 4.69) is 16.9 Å². The highest BCUT2D eigenvalue weighted by Gasteiger charge is 2.09. The van der Waals surface area contributed by atoms with Gasteiger partial charge in [0, 0.05) is 17.0 Å². The smallest absolute Gasteiger partial charge is 0.0701 e. The van der Waals surface area contributed by atoms with Crippen LogP contribution in [0.2, 0.25) is 5.02 Å². The lowest BCUT2D eigenvalue weighted by atomic mass is 10.2. The fraction of sp³-hybridized carbons (Fsp3) is 0.533. The summed E-state index contributed by atoms with van der Waals surface area (Å²) in [6, 6.07) is 5.93. The minimum atomic E-state index is 0.677.